The Balaban J connectivity index is 1.35. The van der Waals surface area contributed by atoms with Crippen molar-refractivity contribution in [2.24, 2.45) is 0 Å². The maximum absolute atomic E-state index is 13.9. The summed E-state index contributed by atoms with van der Waals surface area (Å²) >= 11 is 0. The third-order valence-corrected chi connectivity index (χ3v) is 8.14. The van der Waals surface area contributed by atoms with E-state index >= 15 is 0 Å². The molecule has 1 aliphatic heterocycles. The molecular formula is C34H36FN3O4. The molecule has 42 heavy (non-hydrogen) atoms. The number of fused-ring (bicyclic) bond motifs is 1. The van der Waals surface area contributed by atoms with Gasteiger partial charge >= 0.3 is 0 Å². The molecule has 3 aromatic rings. The normalized spacial score (nSPS) is 15.8. The van der Waals surface area contributed by atoms with Crippen LogP contribution in [0.5, 0.6) is 0 Å². The summed E-state index contributed by atoms with van der Waals surface area (Å²) in [6, 6.07) is 21.5. The van der Waals surface area contributed by atoms with Gasteiger partial charge in [0.1, 0.15) is 11.9 Å². The second kappa shape index (κ2) is 13.6. The summed E-state index contributed by atoms with van der Waals surface area (Å²) in [4.78, 5) is 56.1. The Kier molecular flexibility index (Phi) is 9.41. The molecule has 3 aromatic carbocycles. The van der Waals surface area contributed by atoms with Crippen LogP contribution in [0.3, 0.4) is 0 Å². The molecule has 218 valence electrons. The summed E-state index contributed by atoms with van der Waals surface area (Å²) in [7, 11) is 0. The molecule has 0 saturated heterocycles. The molecule has 1 N–H and O–H groups in total. The molecule has 7 nitrogen and oxygen atoms in total. The van der Waals surface area contributed by atoms with Crippen LogP contribution in [0.15, 0.2) is 78.9 Å². The lowest BCUT2D eigenvalue weighted by Gasteiger charge is -2.33. The summed E-state index contributed by atoms with van der Waals surface area (Å²) in [5, 5.41) is 3.20. The molecule has 1 heterocycles. The minimum Gasteiger partial charge on any atom is -0.352 e. The van der Waals surface area contributed by atoms with Crippen molar-refractivity contribution < 1.29 is 23.6 Å². The molecule has 0 radical (unpaired) electrons. The molecule has 0 bridgehead atoms. The maximum atomic E-state index is 13.9. The highest BCUT2D eigenvalue weighted by atomic mass is 19.1. The SMILES string of the molecule is O=C(NC1CCCCC1)[C@@H](Cc1ccccc1)N(Cc1ccc(F)cc1)C(=O)CCCN1C(=O)c2ccccc2C1=O. The highest BCUT2D eigenvalue weighted by molar-refractivity contribution is 6.21. The van der Waals surface area contributed by atoms with Gasteiger partial charge in [-0.2, -0.15) is 0 Å². The fourth-order valence-corrected chi connectivity index (χ4v) is 5.86. The van der Waals surface area contributed by atoms with E-state index < -0.39 is 6.04 Å². The van der Waals surface area contributed by atoms with E-state index in [1.807, 2.05) is 30.3 Å². The summed E-state index contributed by atoms with van der Waals surface area (Å²) in [6.45, 7) is 0.224. The number of carbonyl (C=O) groups is 4. The molecule has 8 heteroatoms. The van der Waals surface area contributed by atoms with Crippen LogP contribution >= 0.6 is 0 Å². The lowest BCUT2D eigenvalue weighted by molar-refractivity contribution is -0.141. The van der Waals surface area contributed by atoms with Gasteiger partial charge in [0.05, 0.1) is 11.1 Å². The van der Waals surface area contributed by atoms with Crippen molar-refractivity contribution in [2.75, 3.05) is 6.54 Å². The number of amides is 4. The molecule has 0 spiro atoms. The lowest BCUT2D eigenvalue weighted by atomic mass is 9.94. The number of benzene rings is 3. The van der Waals surface area contributed by atoms with Gasteiger partial charge in [0.25, 0.3) is 11.8 Å². The minimum atomic E-state index is -0.786. The van der Waals surface area contributed by atoms with Crippen molar-refractivity contribution >= 4 is 23.6 Å². The van der Waals surface area contributed by atoms with E-state index in [-0.39, 0.29) is 61.4 Å². The van der Waals surface area contributed by atoms with Gasteiger partial charge in [-0.25, -0.2) is 4.39 Å². The smallest absolute Gasteiger partial charge is 0.261 e. The van der Waals surface area contributed by atoms with Crippen LogP contribution in [-0.2, 0) is 22.6 Å². The highest BCUT2D eigenvalue weighted by Crippen LogP contribution is 2.24. The number of halogens is 1. The van der Waals surface area contributed by atoms with Crippen molar-refractivity contribution in [1.29, 1.82) is 0 Å². The first kappa shape index (κ1) is 29.2. The molecule has 1 atom stereocenters. The second-order valence-electron chi connectivity index (χ2n) is 11.1. The van der Waals surface area contributed by atoms with Gasteiger partial charge < -0.3 is 10.2 Å². The highest BCUT2D eigenvalue weighted by Gasteiger charge is 2.36. The Bertz CT molecular complexity index is 1390. The van der Waals surface area contributed by atoms with Gasteiger partial charge in [-0.05, 0) is 54.7 Å². The molecule has 1 saturated carbocycles. The molecule has 2 aliphatic rings. The fraction of sp³-hybridized carbons (Fsp3) is 0.353. The molecule has 5 rings (SSSR count). The van der Waals surface area contributed by atoms with Gasteiger partial charge in [0.2, 0.25) is 11.8 Å². The van der Waals surface area contributed by atoms with E-state index in [0.29, 0.717) is 23.1 Å². The van der Waals surface area contributed by atoms with E-state index in [0.717, 1.165) is 37.7 Å². The Morgan fingerprint density at radius 1 is 0.833 bits per heavy atom. The van der Waals surface area contributed by atoms with Crippen molar-refractivity contribution in [3.05, 3.63) is 107 Å². The van der Waals surface area contributed by atoms with Crippen molar-refractivity contribution in [2.45, 2.75) is 70.0 Å². The van der Waals surface area contributed by atoms with Crippen molar-refractivity contribution in [3.63, 3.8) is 0 Å². The Labute approximate surface area is 245 Å². The zero-order valence-electron chi connectivity index (χ0n) is 23.6. The monoisotopic (exact) mass is 569 g/mol. The number of nitrogens with one attached hydrogen (secondary N) is 1. The van der Waals surface area contributed by atoms with Crippen LogP contribution in [-0.4, -0.2) is 52.1 Å². The van der Waals surface area contributed by atoms with Crippen LogP contribution in [0.4, 0.5) is 4.39 Å². The van der Waals surface area contributed by atoms with E-state index in [9.17, 15) is 23.6 Å². The first-order valence-corrected chi connectivity index (χ1v) is 14.7. The first-order valence-electron chi connectivity index (χ1n) is 14.7. The Morgan fingerprint density at radius 2 is 1.45 bits per heavy atom. The average Bonchev–Trinajstić information content (AvgIpc) is 3.25. The minimum absolute atomic E-state index is 0.0383. The van der Waals surface area contributed by atoms with Crippen LogP contribution in [0.25, 0.3) is 0 Å². The number of carbonyl (C=O) groups excluding carboxylic acids is 4. The molecule has 0 aromatic heterocycles. The van der Waals surface area contributed by atoms with Crippen molar-refractivity contribution in [3.8, 4) is 0 Å². The zero-order chi connectivity index (χ0) is 29.5. The van der Waals surface area contributed by atoms with Gasteiger partial charge in [0.15, 0.2) is 0 Å². The molecule has 1 fully saturated rings. The third kappa shape index (κ3) is 6.93. The summed E-state index contributed by atoms with van der Waals surface area (Å²) < 4.78 is 13.7. The number of nitrogens with zero attached hydrogens (tertiary/aromatic N) is 2. The first-order chi connectivity index (χ1) is 20.4. The number of rotatable bonds is 11. The number of imide groups is 1. The summed E-state index contributed by atoms with van der Waals surface area (Å²) in [6.07, 6.45) is 5.72. The Morgan fingerprint density at radius 3 is 2.10 bits per heavy atom. The molecule has 0 unspecified atom stereocenters. The Hall–Kier alpha value is -4.33. The molecular weight excluding hydrogens is 533 g/mol. The third-order valence-electron chi connectivity index (χ3n) is 8.14. The molecule has 4 amide bonds. The maximum Gasteiger partial charge on any atom is 0.261 e. The van der Waals surface area contributed by atoms with Gasteiger partial charge in [-0.3, -0.25) is 24.1 Å². The fourth-order valence-electron chi connectivity index (χ4n) is 5.86. The van der Waals surface area contributed by atoms with Crippen LogP contribution in [0.2, 0.25) is 0 Å². The van der Waals surface area contributed by atoms with Crippen LogP contribution in [0, 0.1) is 5.82 Å². The largest absolute Gasteiger partial charge is 0.352 e. The van der Waals surface area contributed by atoms with Crippen LogP contribution in [0.1, 0.15) is 76.8 Å². The second-order valence-corrected chi connectivity index (χ2v) is 11.1. The molecule has 1 aliphatic carbocycles. The van der Waals surface area contributed by atoms with E-state index in [1.54, 1.807) is 41.3 Å². The van der Waals surface area contributed by atoms with E-state index in [1.165, 1.54) is 17.0 Å². The topological polar surface area (TPSA) is 86.8 Å². The van der Waals surface area contributed by atoms with Crippen LogP contribution < -0.4 is 5.32 Å². The predicted molar refractivity (Wildman–Crippen MR) is 157 cm³/mol. The van der Waals surface area contributed by atoms with Gasteiger partial charge in [-0.1, -0.05) is 73.9 Å². The standard InChI is InChI=1S/C34H36FN3O4/c35-26-19-17-25(18-20-26)23-38(31(39)16-9-21-37-33(41)28-14-7-8-15-29(28)34(37)42)30(22-24-10-3-1-4-11-24)32(40)36-27-12-5-2-6-13-27/h1,3-4,7-8,10-11,14-15,17-20,27,30H,2,5-6,9,12-13,16,21-23H2,(H,36,40)/t30-/m1/s1. The average molecular weight is 570 g/mol. The van der Waals surface area contributed by atoms with E-state index in [4.69, 9.17) is 0 Å². The predicted octanol–water partition coefficient (Wildman–Crippen LogP) is 5.29. The lowest BCUT2D eigenvalue weighted by Crippen LogP contribution is -2.52. The van der Waals surface area contributed by atoms with E-state index in [2.05, 4.69) is 5.32 Å². The zero-order valence-corrected chi connectivity index (χ0v) is 23.6. The number of hydrogen-bond donors (Lipinski definition) is 1. The summed E-state index contributed by atoms with van der Waals surface area (Å²) in [5.74, 6) is -1.58. The number of hydrogen-bond acceptors (Lipinski definition) is 4. The quantitative estimate of drug-likeness (QED) is 0.318. The summed E-state index contributed by atoms with van der Waals surface area (Å²) in [5.41, 5.74) is 2.36. The van der Waals surface area contributed by atoms with Gasteiger partial charge in [0, 0.05) is 32.0 Å². The van der Waals surface area contributed by atoms with Crippen molar-refractivity contribution in [1.82, 2.24) is 15.1 Å². The van der Waals surface area contributed by atoms with Gasteiger partial charge in [-0.15, -0.1) is 0 Å².